The largest absolute Gasteiger partial charge is 0.496 e. The van der Waals surface area contributed by atoms with Crippen LogP contribution in [0, 0.1) is 30.1 Å². The number of rotatable bonds is 6. The number of aromatic nitrogens is 3. The Labute approximate surface area is 269 Å². The third-order valence-electron chi connectivity index (χ3n) is 10.2. The number of amides is 1. The van der Waals surface area contributed by atoms with E-state index in [9.17, 15) is 19.5 Å². The van der Waals surface area contributed by atoms with E-state index in [2.05, 4.69) is 13.8 Å². The van der Waals surface area contributed by atoms with Crippen molar-refractivity contribution in [3.8, 4) is 17.3 Å². The number of ketones is 1. The fourth-order valence-corrected chi connectivity index (χ4v) is 7.29. The summed E-state index contributed by atoms with van der Waals surface area (Å²) in [6.07, 6.45) is 9.15. The van der Waals surface area contributed by atoms with Crippen molar-refractivity contribution in [1.82, 2.24) is 19.7 Å². The van der Waals surface area contributed by atoms with Crippen molar-refractivity contribution in [3.63, 3.8) is 0 Å². The highest BCUT2D eigenvalue weighted by Crippen LogP contribution is 2.57. The molecule has 0 bridgehead atoms. The summed E-state index contributed by atoms with van der Waals surface area (Å²) in [6.45, 7) is 6.74. The maximum absolute atomic E-state index is 13.9. The van der Waals surface area contributed by atoms with Gasteiger partial charge in [0.25, 0.3) is 0 Å². The Balaban J connectivity index is 1.35. The van der Waals surface area contributed by atoms with Crippen molar-refractivity contribution in [2.24, 2.45) is 23.2 Å². The zero-order valence-corrected chi connectivity index (χ0v) is 27.4. The van der Waals surface area contributed by atoms with Crippen LogP contribution < -0.4 is 9.47 Å². The number of carboxylic acids is 1. The molecule has 1 N–H and O–H groups in total. The molecule has 2 saturated carbocycles. The predicted molar refractivity (Wildman–Crippen MR) is 173 cm³/mol. The lowest BCUT2D eigenvalue weighted by Crippen LogP contribution is -2.38. The number of carbonyl (C=O) groups is 3. The number of benzene rings is 1. The van der Waals surface area contributed by atoms with E-state index in [0.29, 0.717) is 48.6 Å². The molecule has 3 heterocycles. The minimum absolute atomic E-state index is 0.0684. The maximum Gasteiger partial charge on any atom is 0.310 e. The lowest BCUT2D eigenvalue weighted by Gasteiger charge is -2.25. The average Bonchev–Trinajstić information content (AvgIpc) is 3.33. The van der Waals surface area contributed by atoms with Crippen LogP contribution in [0.2, 0.25) is 0 Å². The van der Waals surface area contributed by atoms with Gasteiger partial charge in [0, 0.05) is 49.1 Å². The Morgan fingerprint density at radius 3 is 2.61 bits per heavy atom. The van der Waals surface area contributed by atoms with E-state index < -0.39 is 29.3 Å². The molecular weight excluding hydrogens is 584 g/mol. The number of hydrogen-bond acceptors (Lipinski definition) is 7. The number of fused-ring (bicyclic) bond motifs is 3. The number of nitrogens with zero attached hydrogens (tertiary/aromatic N) is 4. The Bertz CT molecular complexity index is 1690. The van der Waals surface area contributed by atoms with Crippen LogP contribution >= 0.6 is 0 Å². The molecule has 244 valence electrons. The zero-order chi connectivity index (χ0) is 32.7. The van der Waals surface area contributed by atoms with Crippen LogP contribution in [0.25, 0.3) is 16.7 Å². The van der Waals surface area contributed by atoms with E-state index in [1.807, 2.05) is 49.5 Å². The van der Waals surface area contributed by atoms with E-state index in [1.54, 1.807) is 23.7 Å². The summed E-state index contributed by atoms with van der Waals surface area (Å²) in [5, 5.41) is 15.7. The summed E-state index contributed by atoms with van der Waals surface area (Å²) >= 11 is 0. The van der Waals surface area contributed by atoms with Crippen LogP contribution in [-0.2, 0) is 14.4 Å². The maximum atomic E-state index is 13.9. The van der Waals surface area contributed by atoms with Gasteiger partial charge in [0.15, 0.2) is 5.82 Å². The lowest BCUT2D eigenvalue weighted by molar-refractivity contribution is -0.147. The third-order valence-corrected chi connectivity index (χ3v) is 10.2. The number of carbonyl (C=O) groups excluding carboxylic acids is 2. The van der Waals surface area contributed by atoms with Gasteiger partial charge in [-0.2, -0.15) is 5.10 Å². The number of pyridine rings is 1. The number of hydrogen-bond donors (Lipinski definition) is 1. The van der Waals surface area contributed by atoms with Gasteiger partial charge < -0.3 is 19.5 Å². The van der Waals surface area contributed by atoms with Gasteiger partial charge in [-0.1, -0.05) is 26.0 Å². The van der Waals surface area contributed by atoms with Gasteiger partial charge >= 0.3 is 5.97 Å². The molecule has 0 spiro atoms. The minimum Gasteiger partial charge on any atom is -0.496 e. The highest BCUT2D eigenvalue weighted by molar-refractivity contribution is 5.94. The highest BCUT2D eigenvalue weighted by atomic mass is 16.5. The predicted octanol–water partition coefficient (Wildman–Crippen LogP) is 5.88. The highest BCUT2D eigenvalue weighted by Gasteiger charge is 2.61. The van der Waals surface area contributed by atoms with Gasteiger partial charge in [-0.15, -0.1) is 0 Å². The summed E-state index contributed by atoms with van der Waals surface area (Å²) in [7, 11) is 3.42. The molecule has 0 radical (unpaired) electrons. The molecule has 10 nitrogen and oxygen atoms in total. The minimum atomic E-state index is -1.08. The molecule has 0 saturated heterocycles. The second-order valence-electron chi connectivity index (χ2n) is 13.6. The number of allylic oxidation sites excluding steroid dienone is 2. The van der Waals surface area contributed by atoms with Crippen molar-refractivity contribution >= 4 is 28.6 Å². The van der Waals surface area contributed by atoms with Gasteiger partial charge in [-0.25, -0.2) is 9.67 Å². The lowest BCUT2D eigenvalue weighted by atomic mass is 9.84. The van der Waals surface area contributed by atoms with Crippen molar-refractivity contribution in [2.75, 3.05) is 20.7 Å². The number of carboxylic acid groups (broad SMARTS) is 1. The summed E-state index contributed by atoms with van der Waals surface area (Å²) in [5.74, 6) is -0.375. The van der Waals surface area contributed by atoms with Gasteiger partial charge in [-0.05, 0) is 75.5 Å². The van der Waals surface area contributed by atoms with Crippen LogP contribution in [0.1, 0.15) is 76.0 Å². The van der Waals surface area contributed by atoms with Crippen LogP contribution in [0.15, 0.2) is 42.6 Å². The molecular formula is C36H44N4O6. The molecule has 2 fully saturated rings. The first-order valence-electron chi connectivity index (χ1n) is 16.4. The number of methoxy groups -OCH3 is 1. The molecule has 3 aromatic rings. The van der Waals surface area contributed by atoms with Crippen molar-refractivity contribution < 1.29 is 29.0 Å². The molecule has 6 rings (SSSR count). The molecule has 5 atom stereocenters. The van der Waals surface area contributed by atoms with Crippen LogP contribution in [0.3, 0.4) is 0 Å². The zero-order valence-electron chi connectivity index (χ0n) is 27.4. The Hall–Kier alpha value is -4.21. The molecule has 1 aromatic carbocycles. The summed E-state index contributed by atoms with van der Waals surface area (Å²) in [4.78, 5) is 46.8. The second-order valence-corrected chi connectivity index (χ2v) is 13.6. The number of Topliss-reactive ketones (excluding diaryl/α,β-unsaturated/α-hetero) is 1. The van der Waals surface area contributed by atoms with E-state index >= 15 is 0 Å². The molecule has 3 aliphatic rings. The van der Waals surface area contributed by atoms with E-state index in [-0.39, 0.29) is 29.9 Å². The van der Waals surface area contributed by atoms with Crippen LogP contribution in [-0.4, -0.2) is 69.2 Å². The quantitative estimate of drug-likeness (QED) is 0.336. The number of aryl methyl sites for hydroxylation is 1. The molecule has 1 aliphatic heterocycles. The van der Waals surface area contributed by atoms with Crippen molar-refractivity contribution in [3.05, 3.63) is 53.9 Å². The van der Waals surface area contributed by atoms with Gasteiger partial charge in [-0.3, -0.25) is 14.4 Å². The topological polar surface area (TPSA) is 124 Å². The van der Waals surface area contributed by atoms with E-state index in [0.717, 1.165) is 35.9 Å². The molecule has 1 amide bonds. The van der Waals surface area contributed by atoms with Crippen molar-refractivity contribution in [2.45, 2.75) is 77.7 Å². The van der Waals surface area contributed by atoms with Gasteiger partial charge in [0.1, 0.15) is 23.4 Å². The standard InChI is InChI=1S/C36H44N4O6/c1-21(2)28-13-15-40(38-28)32-18-31(25-11-12-30(45-5)22(3)33(25)37-32)46-24-16-26-27(17-24)34(42)39(4)14-9-7-6-8-10-23-19-36(23,35(43)44)20-29(26)41/h8,10-13,15,18,21,23-24,26-27H,6-7,9,14,16-17,19-20H2,1-5H3,(H,43,44)/b10-8-/t23?,24-,26-,27-,36-/m1/s1. The molecule has 1 unspecified atom stereocenters. The first-order chi connectivity index (χ1) is 22.0. The summed E-state index contributed by atoms with van der Waals surface area (Å²) in [6, 6.07) is 7.64. The van der Waals surface area contributed by atoms with Gasteiger partial charge in [0.2, 0.25) is 5.91 Å². The number of aliphatic carboxylic acids is 1. The first-order valence-corrected chi connectivity index (χ1v) is 16.4. The Morgan fingerprint density at radius 2 is 1.89 bits per heavy atom. The smallest absolute Gasteiger partial charge is 0.310 e. The monoisotopic (exact) mass is 628 g/mol. The van der Waals surface area contributed by atoms with E-state index in [1.165, 1.54) is 0 Å². The Morgan fingerprint density at radius 1 is 1.11 bits per heavy atom. The normalized spacial score (nSPS) is 27.7. The second kappa shape index (κ2) is 12.5. The fraction of sp³-hybridized carbons (Fsp3) is 0.528. The molecule has 10 heteroatoms. The van der Waals surface area contributed by atoms with E-state index in [4.69, 9.17) is 19.6 Å². The molecule has 2 aromatic heterocycles. The fourth-order valence-electron chi connectivity index (χ4n) is 7.29. The molecule has 2 aliphatic carbocycles. The summed E-state index contributed by atoms with van der Waals surface area (Å²) in [5.41, 5.74) is 1.44. The molecule has 46 heavy (non-hydrogen) atoms. The van der Waals surface area contributed by atoms with Crippen molar-refractivity contribution in [1.29, 1.82) is 0 Å². The average molecular weight is 629 g/mol. The SMILES string of the molecule is COc1ccc2c(O[C@@H]3C[C@H]4C(=O)C[C@]5(C(=O)O)CC5/C=C\CCCCN(C)C(=O)[C@@H]4C3)cc(-n3ccc(C(C)C)n3)nc2c1C. The first kappa shape index (κ1) is 31.8. The summed E-state index contributed by atoms with van der Waals surface area (Å²) < 4.78 is 14.1. The number of ether oxygens (including phenoxy) is 2. The van der Waals surface area contributed by atoms with Crippen LogP contribution in [0.4, 0.5) is 0 Å². The Kier molecular flexibility index (Phi) is 8.65. The third kappa shape index (κ3) is 5.89. The van der Waals surface area contributed by atoms with Crippen LogP contribution in [0.5, 0.6) is 11.5 Å². The van der Waals surface area contributed by atoms with Gasteiger partial charge in [0.05, 0.1) is 29.7 Å².